The van der Waals surface area contributed by atoms with E-state index in [4.69, 9.17) is 0 Å². The highest BCUT2D eigenvalue weighted by Crippen LogP contribution is 2.34. The van der Waals surface area contributed by atoms with Gasteiger partial charge in [-0.3, -0.25) is 0 Å². The molecule has 0 aromatic heterocycles. The zero-order chi connectivity index (χ0) is 11.5. The maximum atomic E-state index is 11.3. The van der Waals surface area contributed by atoms with Gasteiger partial charge < -0.3 is 10.1 Å². The molecule has 0 saturated carbocycles. The van der Waals surface area contributed by atoms with E-state index in [1.54, 1.807) is 0 Å². The minimum Gasteiger partial charge on any atom is -0.453 e. The van der Waals surface area contributed by atoms with Crippen molar-refractivity contribution >= 4 is 28.7 Å². The van der Waals surface area contributed by atoms with Crippen LogP contribution in [0.15, 0.2) is 24.3 Å². The Bertz CT molecular complexity index is 394. The number of halogens is 1. The Hall–Kier alpha value is -0.780. The van der Waals surface area contributed by atoms with Crippen molar-refractivity contribution in [1.82, 2.24) is 5.32 Å². The molecule has 0 heterocycles. The number of fused-ring (bicyclic) bond motifs is 1. The number of nitrogens with one attached hydrogen (secondary N) is 1. The summed E-state index contributed by atoms with van der Waals surface area (Å²) >= 11 is 2.40. The number of hydrogen-bond donors (Lipinski definition) is 1. The normalized spacial score (nSPS) is 23.4. The summed E-state index contributed by atoms with van der Waals surface area (Å²) in [6.07, 6.45) is 1.82. The Morgan fingerprint density at radius 3 is 3.00 bits per heavy atom. The van der Waals surface area contributed by atoms with E-state index < -0.39 is 0 Å². The second-order valence-corrected chi connectivity index (χ2v) is 5.47. The summed E-state index contributed by atoms with van der Waals surface area (Å²) in [7, 11) is 1.40. The van der Waals surface area contributed by atoms with E-state index in [-0.39, 0.29) is 12.1 Å². The van der Waals surface area contributed by atoms with Gasteiger partial charge >= 0.3 is 6.09 Å². The first-order valence-corrected chi connectivity index (χ1v) is 6.53. The van der Waals surface area contributed by atoms with Crippen LogP contribution in [0.2, 0.25) is 0 Å². The van der Waals surface area contributed by atoms with E-state index in [0.29, 0.717) is 3.92 Å². The standard InChI is InChI=1S/C12H14INO2/c1-16-12(15)14-11-9-5-3-2-4-8(9)6-7-10(11)13/h2-5,10-11H,6-7H2,1H3,(H,14,15). The molecule has 0 bridgehead atoms. The Labute approximate surface area is 109 Å². The summed E-state index contributed by atoms with van der Waals surface area (Å²) in [5, 5.41) is 2.91. The van der Waals surface area contributed by atoms with Gasteiger partial charge in [0.2, 0.25) is 0 Å². The second-order valence-electron chi connectivity index (χ2n) is 3.87. The van der Waals surface area contributed by atoms with Crippen molar-refractivity contribution in [3.63, 3.8) is 0 Å². The van der Waals surface area contributed by atoms with E-state index in [2.05, 4.69) is 44.8 Å². The lowest BCUT2D eigenvalue weighted by Crippen LogP contribution is -2.36. The minimum atomic E-state index is -0.358. The fourth-order valence-electron chi connectivity index (χ4n) is 2.07. The van der Waals surface area contributed by atoms with E-state index in [1.165, 1.54) is 18.2 Å². The van der Waals surface area contributed by atoms with E-state index in [9.17, 15) is 4.79 Å². The van der Waals surface area contributed by atoms with Gasteiger partial charge in [0.05, 0.1) is 13.2 Å². The Kier molecular flexibility index (Phi) is 3.68. The van der Waals surface area contributed by atoms with Crippen LogP contribution in [0.1, 0.15) is 23.6 Å². The summed E-state index contributed by atoms with van der Waals surface area (Å²) in [4.78, 5) is 11.3. The average Bonchev–Trinajstić information content (AvgIpc) is 2.32. The average molecular weight is 331 g/mol. The minimum absolute atomic E-state index is 0.0676. The topological polar surface area (TPSA) is 38.3 Å². The summed E-state index contributed by atoms with van der Waals surface area (Å²) in [6.45, 7) is 0. The number of methoxy groups -OCH3 is 1. The molecule has 0 fully saturated rings. The summed E-state index contributed by atoms with van der Waals surface area (Å²) < 4.78 is 5.09. The molecule has 0 spiro atoms. The van der Waals surface area contributed by atoms with Crippen molar-refractivity contribution in [3.05, 3.63) is 35.4 Å². The number of carbonyl (C=O) groups is 1. The van der Waals surface area contributed by atoms with Crippen LogP contribution in [0.5, 0.6) is 0 Å². The molecule has 2 atom stereocenters. The maximum Gasteiger partial charge on any atom is 0.407 e. The molecule has 0 radical (unpaired) electrons. The molecular formula is C12H14INO2. The predicted octanol–water partition coefficient (Wildman–Crippen LogP) is 2.83. The molecule has 0 aliphatic heterocycles. The molecule has 2 unspecified atom stereocenters. The number of carbonyl (C=O) groups excluding carboxylic acids is 1. The molecule has 16 heavy (non-hydrogen) atoms. The van der Waals surface area contributed by atoms with Crippen LogP contribution in [-0.4, -0.2) is 17.1 Å². The van der Waals surface area contributed by atoms with Crippen LogP contribution in [0, 0.1) is 0 Å². The first kappa shape index (κ1) is 11.7. The van der Waals surface area contributed by atoms with Crippen LogP contribution in [0.4, 0.5) is 4.79 Å². The summed E-state index contributed by atoms with van der Waals surface area (Å²) in [5.74, 6) is 0. The predicted molar refractivity (Wildman–Crippen MR) is 70.9 cm³/mol. The first-order valence-electron chi connectivity index (χ1n) is 5.28. The van der Waals surface area contributed by atoms with Crippen molar-refractivity contribution in [3.8, 4) is 0 Å². The summed E-state index contributed by atoms with van der Waals surface area (Å²) in [5.41, 5.74) is 2.55. The molecule has 1 N–H and O–H groups in total. The third-order valence-electron chi connectivity index (χ3n) is 2.90. The number of alkyl carbamates (subject to hydrolysis) is 1. The zero-order valence-corrected chi connectivity index (χ0v) is 11.2. The van der Waals surface area contributed by atoms with Gasteiger partial charge in [-0.25, -0.2) is 4.79 Å². The molecule has 86 valence electrons. The SMILES string of the molecule is COC(=O)NC1c2ccccc2CCC1I. The number of aryl methyl sites for hydroxylation is 1. The van der Waals surface area contributed by atoms with Crippen molar-refractivity contribution in [1.29, 1.82) is 0 Å². The Morgan fingerprint density at radius 1 is 1.50 bits per heavy atom. The zero-order valence-electron chi connectivity index (χ0n) is 9.07. The highest BCUT2D eigenvalue weighted by atomic mass is 127. The van der Waals surface area contributed by atoms with Crippen molar-refractivity contribution < 1.29 is 9.53 Å². The van der Waals surface area contributed by atoms with Crippen LogP contribution in [0.25, 0.3) is 0 Å². The van der Waals surface area contributed by atoms with Gasteiger partial charge in [-0.2, -0.15) is 0 Å². The molecule has 2 rings (SSSR count). The van der Waals surface area contributed by atoms with Gasteiger partial charge in [0, 0.05) is 3.92 Å². The molecule has 1 aliphatic carbocycles. The second kappa shape index (κ2) is 5.03. The number of amides is 1. The Balaban J connectivity index is 2.26. The number of rotatable bonds is 1. The number of ether oxygens (including phenoxy) is 1. The largest absolute Gasteiger partial charge is 0.453 e. The van der Waals surface area contributed by atoms with Crippen LogP contribution in [-0.2, 0) is 11.2 Å². The van der Waals surface area contributed by atoms with Gasteiger partial charge in [0.1, 0.15) is 0 Å². The molecule has 1 aromatic carbocycles. The van der Waals surface area contributed by atoms with Crippen molar-refractivity contribution in [2.75, 3.05) is 7.11 Å². The Morgan fingerprint density at radius 2 is 2.25 bits per heavy atom. The number of alkyl halides is 1. The van der Waals surface area contributed by atoms with Gasteiger partial charge in [0.25, 0.3) is 0 Å². The van der Waals surface area contributed by atoms with Gasteiger partial charge in [-0.15, -0.1) is 0 Å². The highest BCUT2D eigenvalue weighted by molar-refractivity contribution is 14.1. The van der Waals surface area contributed by atoms with E-state index in [0.717, 1.165) is 12.8 Å². The van der Waals surface area contributed by atoms with Crippen molar-refractivity contribution in [2.24, 2.45) is 0 Å². The van der Waals surface area contributed by atoms with Gasteiger partial charge in [-0.05, 0) is 24.0 Å². The molecule has 1 amide bonds. The van der Waals surface area contributed by atoms with Crippen LogP contribution >= 0.6 is 22.6 Å². The lowest BCUT2D eigenvalue weighted by Gasteiger charge is -2.30. The van der Waals surface area contributed by atoms with Crippen molar-refractivity contribution in [2.45, 2.75) is 22.8 Å². The molecule has 1 aromatic rings. The lowest BCUT2D eigenvalue weighted by atomic mass is 9.88. The van der Waals surface area contributed by atoms with E-state index >= 15 is 0 Å². The maximum absolute atomic E-state index is 11.3. The monoisotopic (exact) mass is 331 g/mol. The van der Waals surface area contributed by atoms with E-state index in [1.807, 2.05) is 12.1 Å². The van der Waals surface area contributed by atoms with Crippen LogP contribution in [0.3, 0.4) is 0 Å². The highest BCUT2D eigenvalue weighted by Gasteiger charge is 2.28. The lowest BCUT2D eigenvalue weighted by molar-refractivity contribution is 0.166. The molecule has 1 aliphatic rings. The third-order valence-corrected chi connectivity index (χ3v) is 4.24. The fraction of sp³-hybridized carbons (Fsp3) is 0.417. The first-order chi connectivity index (χ1) is 7.72. The smallest absolute Gasteiger partial charge is 0.407 e. The molecule has 4 heteroatoms. The van der Waals surface area contributed by atoms with Crippen LogP contribution < -0.4 is 5.32 Å². The molecule has 3 nitrogen and oxygen atoms in total. The third kappa shape index (κ3) is 2.31. The molecular weight excluding hydrogens is 317 g/mol. The fourth-order valence-corrected chi connectivity index (χ4v) is 2.95. The number of benzene rings is 1. The molecule has 0 saturated heterocycles. The van der Waals surface area contributed by atoms with Gasteiger partial charge in [0.15, 0.2) is 0 Å². The van der Waals surface area contributed by atoms with Gasteiger partial charge in [-0.1, -0.05) is 46.9 Å². The number of hydrogen-bond acceptors (Lipinski definition) is 2. The summed E-state index contributed by atoms with van der Waals surface area (Å²) in [6, 6.07) is 8.34. The quantitative estimate of drug-likeness (QED) is 0.635.